The van der Waals surface area contributed by atoms with Crippen molar-refractivity contribution in [3.05, 3.63) is 30.2 Å². The maximum atomic E-state index is 11.7. The van der Waals surface area contributed by atoms with Crippen molar-refractivity contribution in [1.82, 2.24) is 9.55 Å². The van der Waals surface area contributed by atoms with Gasteiger partial charge in [-0.2, -0.15) is 5.26 Å². The molecule has 2 aromatic heterocycles. The van der Waals surface area contributed by atoms with Gasteiger partial charge in [-0.3, -0.25) is 4.98 Å². The van der Waals surface area contributed by atoms with E-state index in [4.69, 9.17) is 10.00 Å². The second kappa shape index (κ2) is 4.66. The highest BCUT2D eigenvalue weighted by Gasteiger charge is 2.16. The number of nitrogens with zero attached hydrogens (tertiary/aromatic N) is 3. The first kappa shape index (κ1) is 11.1. The fourth-order valence-electron chi connectivity index (χ4n) is 1.71. The van der Waals surface area contributed by atoms with Gasteiger partial charge in [0.2, 0.25) is 0 Å². The minimum Gasteiger partial charge on any atom is -0.461 e. The molecule has 0 unspecified atom stereocenters. The lowest BCUT2D eigenvalue weighted by Crippen LogP contribution is -2.11. The van der Waals surface area contributed by atoms with Crippen molar-refractivity contribution in [2.75, 3.05) is 6.61 Å². The number of hydrogen-bond acceptors (Lipinski definition) is 4. The molecule has 0 aliphatic heterocycles. The van der Waals surface area contributed by atoms with Crippen LogP contribution in [0.15, 0.2) is 24.5 Å². The van der Waals surface area contributed by atoms with Gasteiger partial charge in [-0.05, 0) is 19.1 Å². The van der Waals surface area contributed by atoms with Crippen molar-refractivity contribution >= 4 is 16.9 Å². The van der Waals surface area contributed by atoms with Crippen molar-refractivity contribution in [1.29, 1.82) is 5.26 Å². The minimum atomic E-state index is -0.418. The van der Waals surface area contributed by atoms with E-state index >= 15 is 0 Å². The molecule has 17 heavy (non-hydrogen) atoms. The normalized spacial score (nSPS) is 10.1. The summed E-state index contributed by atoms with van der Waals surface area (Å²) < 4.78 is 6.57. The lowest BCUT2D eigenvalue weighted by Gasteiger charge is -2.05. The molecular weight excluding hydrogens is 218 g/mol. The van der Waals surface area contributed by atoms with E-state index in [-0.39, 0.29) is 6.54 Å². The van der Waals surface area contributed by atoms with Crippen LogP contribution in [0.4, 0.5) is 0 Å². The molecule has 2 rings (SSSR count). The van der Waals surface area contributed by atoms with E-state index in [9.17, 15) is 4.79 Å². The number of aromatic nitrogens is 2. The molecule has 5 nitrogen and oxygen atoms in total. The lowest BCUT2D eigenvalue weighted by molar-refractivity contribution is 0.0515. The molecule has 0 atom stereocenters. The van der Waals surface area contributed by atoms with Gasteiger partial charge in [-0.1, -0.05) is 0 Å². The monoisotopic (exact) mass is 229 g/mol. The average molecular weight is 229 g/mol. The highest BCUT2D eigenvalue weighted by atomic mass is 16.5. The van der Waals surface area contributed by atoms with E-state index in [1.165, 1.54) is 0 Å². The third kappa shape index (κ3) is 1.97. The Bertz CT molecular complexity index is 595. The summed E-state index contributed by atoms with van der Waals surface area (Å²) in [5.41, 5.74) is 1.15. The number of esters is 1. The summed E-state index contributed by atoms with van der Waals surface area (Å²) >= 11 is 0. The molecule has 0 saturated carbocycles. The Morgan fingerprint density at radius 3 is 3.18 bits per heavy atom. The minimum absolute atomic E-state index is 0.101. The summed E-state index contributed by atoms with van der Waals surface area (Å²) in [6, 6.07) is 5.54. The maximum absolute atomic E-state index is 11.7. The van der Waals surface area contributed by atoms with Crippen LogP contribution in [-0.4, -0.2) is 22.1 Å². The van der Waals surface area contributed by atoms with Crippen molar-refractivity contribution in [3.8, 4) is 6.07 Å². The molecule has 2 aromatic rings. The molecule has 0 N–H and O–H groups in total. The first-order valence-electron chi connectivity index (χ1n) is 5.25. The zero-order valence-corrected chi connectivity index (χ0v) is 9.38. The van der Waals surface area contributed by atoms with Crippen molar-refractivity contribution in [2.24, 2.45) is 0 Å². The Balaban J connectivity index is 2.58. The van der Waals surface area contributed by atoms with Crippen molar-refractivity contribution in [2.45, 2.75) is 13.5 Å². The molecule has 5 heteroatoms. The lowest BCUT2D eigenvalue weighted by atomic mass is 10.3. The van der Waals surface area contributed by atoms with Gasteiger partial charge >= 0.3 is 5.97 Å². The number of fused-ring (bicyclic) bond motifs is 1. The highest BCUT2D eigenvalue weighted by molar-refractivity contribution is 5.95. The largest absolute Gasteiger partial charge is 0.461 e. The van der Waals surface area contributed by atoms with Gasteiger partial charge in [-0.25, -0.2) is 4.79 Å². The predicted octanol–water partition coefficient (Wildman–Crippen LogP) is 1.74. The van der Waals surface area contributed by atoms with Crippen LogP contribution in [0.2, 0.25) is 0 Å². The average Bonchev–Trinajstić information content (AvgIpc) is 2.70. The second-order valence-corrected chi connectivity index (χ2v) is 3.43. The first-order valence-corrected chi connectivity index (χ1v) is 5.25. The molecule has 0 amide bonds. The predicted molar refractivity (Wildman–Crippen MR) is 61.3 cm³/mol. The van der Waals surface area contributed by atoms with Gasteiger partial charge in [-0.15, -0.1) is 0 Å². The van der Waals surface area contributed by atoms with Gasteiger partial charge in [0, 0.05) is 11.6 Å². The van der Waals surface area contributed by atoms with Crippen LogP contribution < -0.4 is 0 Å². The Morgan fingerprint density at radius 1 is 1.65 bits per heavy atom. The molecule has 0 aliphatic rings. The Hall–Kier alpha value is -2.35. The van der Waals surface area contributed by atoms with Crippen LogP contribution in [0.1, 0.15) is 17.4 Å². The van der Waals surface area contributed by atoms with E-state index < -0.39 is 5.97 Å². The molecular formula is C12H11N3O2. The Kier molecular flexibility index (Phi) is 3.06. The van der Waals surface area contributed by atoms with Crippen LogP contribution >= 0.6 is 0 Å². The number of ether oxygens (including phenoxy) is 1. The van der Waals surface area contributed by atoms with Crippen molar-refractivity contribution < 1.29 is 9.53 Å². The number of carbonyl (C=O) groups is 1. The van der Waals surface area contributed by atoms with Gasteiger partial charge in [0.1, 0.15) is 12.2 Å². The molecule has 0 aliphatic carbocycles. The first-order chi connectivity index (χ1) is 8.27. The SMILES string of the molecule is CCOC(=O)c1cc2ccncc2n1CC#N. The van der Waals surface area contributed by atoms with Crippen LogP contribution in [0, 0.1) is 11.3 Å². The second-order valence-electron chi connectivity index (χ2n) is 3.43. The summed E-state index contributed by atoms with van der Waals surface area (Å²) in [5, 5.41) is 9.66. The van der Waals surface area contributed by atoms with Crippen LogP contribution in [0.3, 0.4) is 0 Å². The highest BCUT2D eigenvalue weighted by Crippen LogP contribution is 2.19. The van der Waals surface area contributed by atoms with E-state index in [0.29, 0.717) is 12.3 Å². The third-order valence-corrected chi connectivity index (χ3v) is 2.42. The fraction of sp³-hybridized carbons (Fsp3) is 0.250. The molecule has 0 radical (unpaired) electrons. The zero-order valence-electron chi connectivity index (χ0n) is 9.38. The van der Waals surface area contributed by atoms with Gasteiger partial charge < -0.3 is 9.30 Å². The maximum Gasteiger partial charge on any atom is 0.355 e. The fourth-order valence-corrected chi connectivity index (χ4v) is 1.71. The third-order valence-electron chi connectivity index (χ3n) is 2.42. The van der Waals surface area contributed by atoms with E-state index in [2.05, 4.69) is 4.98 Å². The number of hydrogen-bond donors (Lipinski definition) is 0. The summed E-state index contributed by atoms with van der Waals surface area (Å²) in [6.07, 6.45) is 3.28. The van der Waals surface area contributed by atoms with Crippen LogP contribution in [0.25, 0.3) is 10.9 Å². The molecule has 0 spiro atoms. The molecule has 0 aromatic carbocycles. The van der Waals surface area contributed by atoms with Crippen LogP contribution in [0.5, 0.6) is 0 Å². The number of nitriles is 1. The van der Waals surface area contributed by atoms with E-state index in [0.717, 1.165) is 10.9 Å². The van der Waals surface area contributed by atoms with Gasteiger partial charge in [0.15, 0.2) is 0 Å². The zero-order chi connectivity index (χ0) is 12.3. The van der Waals surface area contributed by atoms with Crippen LogP contribution in [-0.2, 0) is 11.3 Å². The number of rotatable bonds is 3. The number of pyridine rings is 1. The molecule has 86 valence electrons. The Labute approximate surface area is 98.2 Å². The molecule has 0 bridgehead atoms. The van der Waals surface area contributed by atoms with Gasteiger partial charge in [0.25, 0.3) is 0 Å². The van der Waals surface area contributed by atoms with E-state index in [1.54, 1.807) is 36.0 Å². The smallest absolute Gasteiger partial charge is 0.355 e. The summed E-state index contributed by atoms with van der Waals surface area (Å²) in [7, 11) is 0. The summed E-state index contributed by atoms with van der Waals surface area (Å²) in [6.45, 7) is 2.16. The summed E-state index contributed by atoms with van der Waals surface area (Å²) in [4.78, 5) is 15.7. The number of carbonyl (C=O) groups excluding carboxylic acids is 1. The topological polar surface area (TPSA) is 67.9 Å². The standard InChI is InChI=1S/C12H11N3O2/c1-2-17-12(16)10-7-9-3-5-14-8-11(9)15(10)6-4-13/h3,5,7-8H,2,6H2,1H3. The molecule has 2 heterocycles. The summed E-state index contributed by atoms with van der Waals surface area (Å²) in [5.74, 6) is -0.418. The molecule has 0 fully saturated rings. The van der Waals surface area contributed by atoms with Gasteiger partial charge in [0.05, 0.1) is 24.4 Å². The van der Waals surface area contributed by atoms with E-state index in [1.807, 2.05) is 6.07 Å². The Morgan fingerprint density at radius 2 is 2.47 bits per heavy atom. The quantitative estimate of drug-likeness (QED) is 0.752. The molecule has 0 saturated heterocycles. The van der Waals surface area contributed by atoms with Crippen molar-refractivity contribution in [3.63, 3.8) is 0 Å².